The van der Waals surface area contributed by atoms with E-state index in [2.05, 4.69) is 22.4 Å². The largest absolute Gasteiger partial charge is 1.00 e. The molecule has 0 spiro atoms. The van der Waals surface area contributed by atoms with Gasteiger partial charge in [0.1, 0.15) is 12.3 Å². The van der Waals surface area contributed by atoms with Gasteiger partial charge in [0, 0.05) is 12.2 Å². The molecule has 25 heavy (non-hydrogen) atoms. The molecule has 1 amide bonds. The normalized spacial score (nSPS) is 13.2. The molecule has 2 aromatic carbocycles. The highest BCUT2D eigenvalue weighted by molar-refractivity contribution is 6.08. The second-order valence-corrected chi connectivity index (χ2v) is 5.50. The minimum absolute atomic E-state index is 0. The Morgan fingerprint density at radius 2 is 1.84 bits per heavy atom. The summed E-state index contributed by atoms with van der Waals surface area (Å²) in [6.07, 6.45) is 0.802. The topological polar surface area (TPSA) is 53.9 Å². The van der Waals surface area contributed by atoms with Crippen LogP contribution >= 0.6 is 0 Å². The van der Waals surface area contributed by atoms with Crippen molar-refractivity contribution in [2.45, 2.75) is 13.3 Å². The van der Waals surface area contributed by atoms with Gasteiger partial charge in [-0.1, -0.05) is 30.3 Å². The number of hydrogen-bond acceptors (Lipinski definition) is 4. The predicted molar refractivity (Wildman–Crippen MR) is 95.4 cm³/mol. The molecule has 0 radical (unpaired) electrons. The monoisotopic (exact) mass is 358 g/mol. The summed E-state index contributed by atoms with van der Waals surface area (Å²) in [5.74, 6) is 1.47. The van der Waals surface area contributed by atoms with Crippen LogP contribution < -0.4 is 22.5 Å². The summed E-state index contributed by atoms with van der Waals surface area (Å²) in [5.41, 5.74) is 2.09. The van der Waals surface area contributed by atoms with Crippen LogP contribution in [0.5, 0.6) is 5.75 Å². The predicted octanol–water partition coefficient (Wildman–Crippen LogP) is -0.0579. The average molecular weight is 359 g/mol. The zero-order valence-electron chi connectivity index (χ0n) is 14.1. The smallest absolute Gasteiger partial charge is 0.251 e. The summed E-state index contributed by atoms with van der Waals surface area (Å²) >= 11 is 0. The van der Waals surface area contributed by atoms with E-state index in [1.807, 2.05) is 49.4 Å². The molecule has 6 heteroatoms. The molecule has 1 N–H and O–H groups in total. The number of halogens is 1. The third-order valence-electron chi connectivity index (χ3n) is 3.81. The molecular weight excluding hydrogens is 338 g/mol. The van der Waals surface area contributed by atoms with E-state index in [1.165, 1.54) is 5.56 Å². The van der Waals surface area contributed by atoms with Gasteiger partial charge in [-0.25, -0.2) is 4.99 Å². The van der Waals surface area contributed by atoms with E-state index in [9.17, 15) is 4.79 Å². The highest BCUT2D eigenvalue weighted by Crippen LogP contribution is 2.17. The molecule has 0 aromatic heterocycles. The van der Waals surface area contributed by atoms with Gasteiger partial charge in [-0.3, -0.25) is 9.69 Å². The first kappa shape index (κ1) is 18.8. The van der Waals surface area contributed by atoms with Gasteiger partial charge in [-0.2, -0.15) is 0 Å². The number of carbonyl (C=O) groups excluding carboxylic acids is 1. The third kappa shape index (κ3) is 4.97. The molecule has 0 atom stereocenters. The van der Waals surface area contributed by atoms with Crippen LogP contribution in [-0.4, -0.2) is 36.5 Å². The van der Waals surface area contributed by atoms with Crippen LogP contribution in [0.15, 0.2) is 59.6 Å². The van der Waals surface area contributed by atoms with Crippen molar-refractivity contribution >= 4 is 17.6 Å². The number of ether oxygens (including phenoxy) is 1. The molecule has 0 bridgehead atoms. The summed E-state index contributed by atoms with van der Waals surface area (Å²) < 4.78 is 5.43. The number of anilines is 1. The number of guanidine groups is 1. The van der Waals surface area contributed by atoms with Gasteiger partial charge in [0.05, 0.1) is 6.61 Å². The number of amides is 1. The van der Waals surface area contributed by atoms with Crippen LogP contribution in [0.4, 0.5) is 5.69 Å². The van der Waals surface area contributed by atoms with Gasteiger partial charge in [-0.05, 0) is 43.2 Å². The summed E-state index contributed by atoms with van der Waals surface area (Å²) in [7, 11) is 0. The zero-order valence-corrected chi connectivity index (χ0v) is 14.9. The fraction of sp³-hybridized carbons (Fsp3) is 0.263. The first-order chi connectivity index (χ1) is 11.8. The Bertz CT molecular complexity index is 717. The van der Waals surface area contributed by atoms with E-state index in [1.54, 1.807) is 4.90 Å². The zero-order chi connectivity index (χ0) is 16.8. The van der Waals surface area contributed by atoms with Gasteiger partial charge >= 0.3 is 0 Å². The summed E-state index contributed by atoms with van der Waals surface area (Å²) in [6, 6.07) is 17.8. The SMILES string of the molecule is CCOc1ccc(NC2=NCC(=O)N2CCc2ccccc2)cc1.[Cl-]. The molecule has 132 valence electrons. The molecule has 1 aliphatic rings. The van der Waals surface area contributed by atoms with Crippen molar-refractivity contribution < 1.29 is 21.9 Å². The Morgan fingerprint density at radius 1 is 1.12 bits per heavy atom. The van der Waals surface area contributed by atoms with E-state index in [4.69, 9.17) is 4.74 Å². The lowest BCUT2D eigenvalue weighted by molar-refractivity contribution is -0.124. The number of rotatable bonds is 6. The first-order valence-corrected chi connectivity index (χ1v) is 8.15. The van der Waals surface area contributed by atoms with Gasteiger partial charge in [-0.15, -0.1) is 0 Å². The number of hydrogen-bond donors (Lipinski definition) is 1. The molecule has 5 nitrogen and oxygen atoms in total. The van der Waals surface area contributed by atoms with Crippen LogP contribution in [0.2, 0.25) is 0 Å². The van der Waals surface area contributed by atoms with Gasteiger partial charge in [0.2, 0.25) is 5.96 Å². The Balaban J connectivity index is 0.00000225. The molecule has 0 saturated carbocycles. The Morgan fingerprint density at radius 3 is 2.52 bits per heavy atom. The molecule has 0 fully saturated rings. The van der Waals surface area contributed by atoms with Crippen molar-refractivity contribution in [3.8, 4) is 5.75 Å². The second-order valence-electron chi connectivity index (χ2n) is 5.50. The van der Waals surface area contributed by atoms with Crippen molar-refractivity contribution in [1.82, 2.24) is 4.90 Å². The van der Waals surface area contributed by atoms with Crippen molar-refractivity contribution in [1.29, 1.82) is 0 Å². The molecule has 1 aliphatic heterocycles. The molecule has 0 aliphatic carbocycles. The molecule has 2 aromatic rings. The number of carbonyl (C=O) groups is 1. The third-order valence-corrected chi connectivity index (χ3v) is 3.81. The average Bonchev–Trinajstić information content (AvgIpc) is 2.96. The lowest BCUT2D eigenvalue weighted by Gasteiger charge is -2.19. The molecule has 0 unspecified atom stereocenters. The number of aliphatic imine (C=N–C) groups is 1. The minimum atomic E-state index is 0. The van der Waals surface area contributed by atoms with E-state index in [-0.39, 0.29) is 24.9 Å². The van der Waals surface area contributed by atoms with Crippen molar-refractivity contribution in [2.75, 3.05) is 25.0 Å². The number of nitrogens with zero attached hydrogens (tertiary/aromatic N) is 2. The maximum absolute atomic E-state index is 12.1. The highest BCUT2D eigenvalue weighted by atomic mass is 35.5. The van der Waals surface area contributed by atoms with Crippen LogP contribution in [-0.2, 0) is 11.2 Å². The quantitative estimate of drug-likeness (QED) is 0.787. The van der Waals surface area contributed by atoms with E-state index in [0.717, 1.165) is 17.9 Å². The van der Waals surface area contributed by atoms with E-state index >= 15 is 0 Å². The number of nitrogens with one attached hydrogen (secondary N) is 1. The fourth-order valence-corrected chi connectivity index (χ4v) is 2.58. The Hall–Kier alpha value is -2.53. The lowest BCUT2D eigenvalue weighted by Crippen LogP contribution is -3.00. The second kappa shape index (κ2) is 9.08. The van der Waals surface area contributed by atoms with Gasteiger partial charge in [0.25, 0.3) is 5.91 Å². The summed E-state index contributed by atoms with van der Waals surface area (Å²) in [5, 5.41) is 3.23. The number of benzene rings is 2. The maximum atomic E-state index is 12.1. The van der Waals surface area contributed by atoms with E-state index in [0.29, 0.717) is 19.1 Å². The Kier molecular flexibility index (Phi) is 6.83. The molecule has 1 heterocycles. The fourth-order valence-electron chi connectivity index (χ4n) is 2.58. The Labute approximate surface area is 154 Å². The van der Waals surface area contributed by atoms with E-state index < -0.39 is 0 Å². The molecular formula is C19H21ClN3O2-. The maximum Gasteiger partial charge on any atom is 0.251 e. The van der Waals surface area contributed by atoms with Crippen molar-refractivity contribution in [2.24, 2.45) is 4.99 Å². The molecule has 3 rings (SSSR count). The highest BCUT2D eigenvalue weighted by Gasteiger charge is 2.25. The van der Waals surface area contributed by atoms with Crippen LogP contribution in [0, 0.1) is 0 Å². The van der Waals surface area contributed by atoms with Crippen LogP contribution in [0.1, 0.15) is 12.5 Å². The van der Waals surface area contributed by atoms with Crippen LogP contribution in [0.3, 0.4) is 0 Å². The summed E-state index contributed by atoms with van der Waals surface area (Å²) in [6.45, 7) is 3.41. The standard InChI is InChI=1S/C19H21N3O2.ClH/c1-2-24-17-10-8-16(9-11-17)21-19-20-14-18(23)22(19)13-12-15-6-4-3-5-7-15;/h3-11H,2,12-14H2,1H3,(H,20,21);1H/p-1. The van der Waals surface area contributed by atoms with Gasteiger partial charge < -0.3 is 22.5 Å². The van der Waals surface area contributed by atoms with Crippen molar-refractivity contribution in [3.63, 3.8) is 0 Å². The van der Waals surface area contributed by atoms with Crippen molar-refractivity contribution in [3.05, 3.63) is 60.2 Å². The van der Waals surface area contributed by atoms with Crippen LogP contribution in [0.25, 0.3) is 0 Å². The molecule has 0 saturated heterocycles. The summed E-state index contributed by atoms with van der Waals surface area (Å²) in [4.78, 5) is 18.1. The minimum Gasteiger partial charge on any atom is -1.00 e. The first-order valence-electron chi connectivity index (χ1n) is 8.15. The lowest BCUT2D eigenvalue weighted by atomic mass is 10.1. The van der Waals surface area contributed by atoms with Gasteiger partial charge in [0.15, 0.2) is 0 Å².